The molecule has 3 heteroatoms. The van der Waals surface area contributed by atoms with Crippen LogP contribution in [-0.4, -0.2) is 12.6 Å². The number of carbonyl (C=O) groups is 1. The van der Waals surface area contributed by atoms with Crippen LogP contribution in [0.2, 0.25) is 0 Å². The van der Waals surface area contributed by atoms with Crippen molar-refractivity contribution in [2.24, 2.45) is 0 Å². The molecular weight excluding hydrogens is 384 g/mol. The molecule has 0 atom stereocenters. The fourth-order valence-electron chi connectivity index (χ4n) is 3.25. The van der Waals surface area contributed by atoms with Crippen LogP contribution >= 0.6 is 0 Å². The van der Waals surface area contributed by atoms with Crippen LogP contribution in [0.1, 0.15) is 11.1 Å². The van der Waals surface area contributed by atoms with Crippen LogP contribution in [0.3, 0.4) is 0 Å². The summed E-state index contributed by atoms with van der Waals surface area (Å²) in [5.74, 6) is 0.687. The average Bonchev–Trinajstić information content (AvgIpc) is 2.80. The first-order valence-electron chi connectivity index (χ1n) is 10.2. The van der Waals surface area contributed by atoms with Crippen molar-refractivity contribution in [2.45, 2.75) is 13.8 Å². The van der Waals surface area contributed by atoms with Gasteiger partial charge in [0.05, 0.1) is 0 Å². The maximum Gasteiger partial charge on any atom is 0.349 e. The van der Waals surface area contributed by atoms with Crippen molar-refractivity contribution in [3.63, 3.8) is 0 Å². The van der Waals surface area contributed by atoms with Crippen molar-refractivity contribution in [1.82, 2.24) is 0 Å². The van der Waals surface area contributed by atoms with E-state index in [2.05, 4.69) is 62.4 Å². The van der Waals surface area contributed by atoms with Crippen LogP contribution in [-0.2, 0) is 4.79 Å². The van der Waals surface area contributed by atoms with E-state index in [-0.39, 0.29) is 6.61 Å². The minimum absolute atomic E-state index is 0.149. The van der Waals surface area contributed by atoms with Crippen LogP contribution in [0.15, 0.2) is 97.1 Å². The van der Waals surface area contributed by atoms with E-state index in [1.807, 2.05) is 36.4 Å². The molecule has 0 N–H and O–H groups in total. The first-order chi connectivity index (χ1) is 15.1. The zero-order chi connectivity index (χ0) is 21.6. The van der Waals surface area contributed by atoms with E-state index in [0.29, 0.717) is 11.5 Å². The van der Waals surface area contributed by atoms with Crippen molar-refractivity contribution >= 4 is 5.97 Å². The Morgan fingerprint density at radius 1 is 0.548 bits per heavy atom. The van der Waals surface area contributed by atoms with Crippen LogP contribution in [0.5, 0.6) is 11.5 Å². The molecule has 154 valence electrons. The van der Waals surface area contributed by atoms with E-state index in [4.69, 9.17) is 9.47 Å². The van der Waals surface area contributed by atoms with E-state index >= 15 is 0 Å². The van der Waals surface area contributed by atoms with Gasteiger partial charge in [0, 0.05) is 0 Å². The van der Waals surface area contributed by atoms with Gasteiger partial charge in [-0.25, -0.2) is 4.79 Å². The first kappa shape index (κ1) is 20.4. The third kappa shape index (κ3) is 5.40. The van der Waals surface area contributed by atoms with Gasteiger partial charge in [-0.1, -0.05) is 83.9 Å². The third-order valence-electron chi connectivity index (χ3n) is 5.07. The third-order valence-corrected chi connectivity index (χ3v) is 5.07. The second kappa shape index (κ2) is 9.31. The van der Waals surface area contributed by atoms with Gasteiger partial charge in [0.15, 0.2) is 6.61 Å². The number of carbonyl (C=O) groups excluding carboxylic acids is 1. The summed E-state index contributed by atoms with van der Waals surface area (Å²) in [6.45, 7) is 3.98. The van der Waals surface area contributed by atoms with Crippen LogP contribution in [0, 0.1) is 13.8 Å². The summed E-state index contributed by atoms with van der Waals surface area (Å²) >= 11 is 0. The minimum atomic E-state index is -0.439. The van der Waals surface area contributed by atoms with E-state index in [1.54, 1.807) is 12.1 Å². The molecule has 0 bridgehead atoms. The lowest BCUT2D eigenvalue weighted by Crippen LogP contribution is -2.17. The van der Waals surface area contributed by atoms with E-state index < -0.39 is 5.97 Å². The Morgan fingerprint density at radius 2 is 0.903 bits per heavy atom. The van der Waals surface area contributed by atoms with Crippen molar-refractivity contribution in [1.29, 1.82) is 0 Å². The maximum absolute atomic E-state index is 12.2. The molecule has 3 nitrogen and oxygen atoms in total. The quantitative estimate of drug-likeness (QED) is 0.266. The van der Waals surface area contributed by atoms with Gasteiger partial charge in [-0.2, -0.15) is 0 Å². The van der Waals surface area contributed by atoms with Gasteiger partial charge >= 0.3 is 5.97 Å². The summed E-state index contributed by atoms with van der Waals surface area (Å²) in [4.78, 5) is 12.2. The number of hydrogen-bond donors (Lipinski definition) is 0. The highest BCUT2D eigenvalue weighted by molar-refractivity contribution is 5.74. The summed E-state index contributed by atoms with van der Waals surface area (Å²) in [6, 6.07) is 31.8. The average molecular weight is 408 g/mol. The van der Waals surface area contributed by atoms with Crippen LogP contribution in [0.4, 0.5) is 0 Å². The molecule has 0 spiro atoms. The summed E-state index contributed by atoms with van der Waals surface area (Å²) in [5, 5.41) is 0. The zero-order valence-corrected chi connectivity index (χ0v) is 17.7. The van der Waals surface area contributed by atoms with Crippen molar-refractivity contribution < 1.29 is 14.3 Å². The highest BCUT2D eigenvalue weighted by Crippen LogP contribution is 2.24. The van der Waals surface area contributed by atoms with Gasteiger partial charge < -0.3 is 9.47 Å². The summed E-state index contributed by atoms with van der Waals surface area (Å²) < 4.78 is 11.0. The highest BCUT2D eigenvalue weighted by Gasteiger charge is 2.07. The van der Waals surface area contributed by atoms with Crippen LogP contribution < -0.4 is 9.47 Å². The van der Waals surface area contributed by atoms with Crippen molar-refractivity contribution in [3.8, 4) is 33.8 Å². The fourth-order valence-corrected chi connectivity index (χ4v) is 3.25. The monoisotopic (exact) mass is 408 g/mol. The largest absolute Gasteiger partial charge is 0.482 e. The Hall–Kier alpha value is -3.85. The second-order valence-corrected chi connectivity index (χ2v) is 7.54. The Bertz CT molecular complexity index is 1140. The van der Waals surface area contributed by atoms with E-state index in [9.17, 15) is 4.79 Å². The number of ether oxygens (including phenoxy) is 2. The predicted octanol–water partition coefficient (Wildman–Crippen LogP) is 6.62. The van der Waals surface area contributed by atoms with Gasteiger partial charge in [0.1, 0.15) is 11.5 Å². The summed E-state index contributed by atoms with van der Waals surface area (Å²) in [5.41, 5.74) is 6.89. The fraction of sp³-hybridized carbons (Fsp3) is 0.107. The molecule has 0 saturated carbocycles. The molecule has 0 saturated heterocycles. The van der Waals surface area contributed by atoms with E-state index in [0.717, 1.165) is 22.3 Å². The van der Waals surface area contributed by atoms with E-state index in [1.165, 1.54) is 11.1 Å². The lowest BCUT2D eigenvalue weighted by Gasteiger charge is -2.09. The molecule has 31 heavy (non-hydrogen) atoms. The molecule has 0 amide bonds. The van der Waals surface area contributed by atoms with Gasteiger partial charge in [-0.05, 0) is 60.4 Å². The molecule has 0 aliphatic rings. The zero-order valence-electron chi connectivity index (χ0n) is 17.7. The Morgan fingerprint density at radius 3 is 1.32 bits per heavy atom. The lowest BCUT2D eigenvalue weighted by molar-refractivity contribution is -0.136. The van der Waals surface area contributed by atoms with Gasteiger partial charge in [-0.3, -0.25) is 0 Å². The smallest absolute Gasteiger partial charge is 0.349 e. The SMILES string of the molecule is Cc1ccc(-c2ccc(OCC(=O)Oc3ccc(-c4ccc(C)cc4)cc3)cc2)cc1. The van der Waals surface area contributed by atoms with Gasteiger partial charge in [0.2, 0.25) is 0 Å². The second-order valence-electron chi connectivity index (χ2n) is 7.54. The summed E-state index contributed by atoms with van der Waals surface area (Å²) in [7, 11) is 0. The molecule has 4 aromatic carbocycles. The molecular formula is C28H24O3. The Balaban J connectivity index is 1.30. The highest BCUT2D eigenvalue weighted by atomic mass is 16.6. The molecule has 4 aromatic rings. The number of esters is 1. The standard InChI is InChI=1S/C28H24O3/c1-20-3-7-22(8-4-20)24-11-15-26(16-12-24)30-19-28(29)31-27-17-13-25(14-18-27)23-9-5-21(2)6-10-23/h3-18H,19H2,1-2H3. The normalized spacial score (nSPS) is 10.5. The van der Waals surface area contributed by atoms with Crippen molar-refractivity contribution in [2.75, 3.05) is 6.61 Å². The molecule has 0 aromatic heterocycles. The molecule has 0 aliphatic carbocycles. The molecule has 0 heterocycles. The first-order valence-corrected chi connectivity index (χ1v) is 10.2. The topological polar surface area (TPSA) is 35.5 Å². The molecule has 0 radical (unpaired) electrons. The van der Waals surface area contributed by atoms with Gasteiger partial charge in [-0.15, -0.1) is 0 Å². The Labute approximate surface area is 182 Å². The van der Waals surface area contributed by atoms with Gasteiger partial charge in [0.25, 0.3) is 0 Å². The number of aryl methyl sites for hydroxylation is 2. The molecule has 4 rings (SSSR count). The lowest BCUT2D eigenvalue weighted by atomic mass is 10.0. The predicted molar refractivity (Wildman–Crippen MR) is 124 cm³/mol. The number of hydrogen-bond acceptors (Lipinski definition) is 3. The van der Waals surface area contributed by atoms with Crippen molar-refractivity contribution in [3.05, 3.63) is 108 Å². The summed E-state index contributed by atoms with van der Waals surface area (Å²) in [6.07, 6.45) is 0. The molecule has 0 unspecified atom stereocenters. The molecule has 0 aliphatic heterocycles. The maximum atomic E-state index is 12.2. The number of rotatable bonds is 6. The number of benzene rings is 4. The Kier molecular flexibility index (Phi) is 6.13. The molecule has 0 fully saturated rings. The van der Waals surface area contributed by atoms with Crippen LogP contribution in [0.25, 0.3) is 22.3 Å². The minimum Gasteiger partial charge on any atom is -0.482 e.